The van der Waals surface area contributed by atoms with Crippen molar-refractivity contribution in [2.45, 2.75) is 36.9 Å². The average Bonchev–Trinajstić information content (AvgIpc) is 2.42. The normalized spacial score (nSPS) is 52.2. The number of aliphatic hydroxyl groups is 4. The highest BCUT2D eigenvalue weighted by Crippen LogP contribution is 2.27. The number of nitrogens with zero attached hydrogens (tertiary/aromatic N) is 1. The maximum absolute atomic E-state index is 9.57. The van der Waals surface area contributed by atoms with Gasteiger partial charge in [-0.05, 0) is 6.42 Å². The highest BCUT2D eigenvalue weighted by Gasteiger charge is 2.45. The van der Waals surface area contributed by atoms with Crippen LogP contribution in [0.4, 0.5) is 0 Å². The van der Waals surface area contributed by atoms with Crippen LogP contribution in [0.1, 0.15) is 6.42 Å². The third-order valence-electron chi connectivity index (χ3n) is 2.99. The van der Waals surface area contributed by atoms with Crippen molar-refractivity contribution >= 4 is 0 Å². The van der Waals surface area contributed by atoms with Crippen LogP contribution in [0.3, 0.4) is 0 Å². The molecule has 0 spiro atoms. The van der Waals surface area contributed by atoms with Gasteiger partial charge in [-0.1, -0.05) is 0 Å². The van der Waals surface area contributed by atoms with E-state index >= 15 is 0 Å². The molecule has 13 heavy (non-hydrogen) atoms. The summed E-state index contributed by atoms with van der Waals surface area (Å²) in [5.74, 6) is 0. The lowest BCUT2D eigenvalue weighted by Crippen LogP contribution is -2.58. The summed E-state index contributed by atoms with van der Waals surface area (Å²) >= 11 is 0. The molecule has 0 bridgehead atoms. The van der Waals surface area contributed by atoms with Crippen LogP contribution < -0.4 is 0 Å². The number of rotatable bonds is 0. The molecule has 0 radical (unpaired) electrons. The van der Waals surface area contributed by atoms with Crippen LogP contribution in [0.2, 0.25) is 0 Å². The second-order valence-electron chi connectivity index (χ2n) is 3.96. The maximum atomic E-state index is 9.57. The maximum Gasteiger partial charge on any atom is 0.108 e. The Balaban J connectivity index is 2.11. The van der Waals surface area contributed by atoms with Crippen LogP contribution in [-0.2, 0) is 0 Å². The Bertz CT molecular complexity index is 199. The quantitative estimate of drug-likeness (QED) is 0.339. The van der Waals surface area contributed by atoms with E-state index in [0.717, 1.165) is 0 Å². The summed E-state index contributed by atoms with van der Waals surface area (Å²) in [5.41, 5.74) is 0. The summed E-state index contributed by atoms with van der Waals surface area (Å²) in [6.45, 7) is 0.811. The molecule has 0 aromatic rings. The van der Waals surface area contributed by atoms with Gasteiger partial charge in [0.05, 0.1) is 18.3 Å². The van der Waals surface area contributed by atoms with Gasteiger partial charge in [-0.3, -0.25) is 4.90 Å². The Hall–Kier alpha value is -0.200. The Morgan fingerprint density at radius 1 is 0.923 bits per heavy atom. The highest BCUT2D eigenvalue weighted by atomic mass is 16.4. The van der Waals surface area contributed by atoms with Crippen molar-refractivity contribution in [2.75, 3.05) is 13.1 Å². The largest absolute Gasteiger partial charge is 0.392 e. The topological polar surface area (TPSA) is 84.2 Å². The van der Waals surface area contributed by atoms with Crippen LogP contribution in [-0.4, -0.2) is 68.9 Å². The fourth-order valence-corrected chi connectivity index (χ4v) is 2.28. The van der Waals surface area contributed by atoms with E-state index in [1.54, 1.807) is 0 Å². The minimum absolute atomic E-state index is 0.201. The minimum atomic E-state index is -1.08. The molecular weight excluding hydrogens is 174 g/mol. The second-order valence-corrected chi connectivity index (χ2v) is 3.96. The fourth-order valence-electron chi connectivity index (χ4n) is 2.28. The molecule has 76 valence electrons. The van der Waals surface area contributed by atoms with Crippen LogP contribution >= 0.6 is 0 Å². The van der Waals surface area contributed by atoms with Crippen molar-refractivity contribution in [1.29, 1.82) is 0 Å². The van der Waals surface area contributed by atoms with Gasteiger partial charge in [0.15, 0.2) is 0 Å². The zero-order valence-electron chi connectivity index (χ0n) is 7.24. The molecule has 5 atom stereocenters. The lowest BCUT2D eigenvalue weighted by atomic mass is 9.94. The second kappa shape index (κ2) is 3.18. The number of aliphatic hydroxyl groups excluding tert-OH is 4. The van der Waals surface area contributed by atoms with Crippen molar-refractivity contribution in [1.82, 2.24) is 4.90 Å². The number of hydrogen-bond acceptors (Lipinski definition) is 5. The molecule has 2 fully saturated rings. The van der Waals surface area contributed by atoms with Gasteiger partial charge < -0.3 is 20.4 Å². The molecule has 5 nitrogen and oxygen atoms in total. The van der Waals surface area contributed by atoms with Crippen molar-refractivity contribution in [2.24, 2.45) is 0 Å². The Labute approximate surface area is 76.2 Å². The van der Waals surface area contributed by atoms with E-state index < -0.39 is 24.4 Å². The molecule has 2 heterocycles. The Morgan fingerprint density at radius 2 is 1.62 bits per heavy atom. The number of piperidine rings is 1. The van der Waals surface area contributed by atoms with E-state index in [2.05, 4.69) is 0 Å². The molecule has 2 saturated heterocycles. The molecule has 2 rings (SSSR count). The first-order valence-electron chi connectivity index (χ1n) is 4.56. The van der Waals surface area contributed by atoms with Gasteiger partial charge in [-0.2, -0.15) is 0 Å². The van der Waals surface area contributed by atoms with Gasteiger partial charge in [0, 0.05) is 19.1 Å². The third kappa shape index (κ3) is 1.47. The monoisotopic (exact) mass is 189 g/mol. The summed E-state index contributed by atoms with van der Waals surface area (Å²) in [7, 11) is 0. The van der Waals surface area contributed by atoms with Gasteiger partial charge >= 0.3 is 0 Å². The van der Waals surface area contributed by atoms with Crippen LogP contribution in [0.25, 0.3) is 0 Å². The smallest absolute Gasteiger partial charge is 0.108 e. The zero-order valence-corrected chi connectivity index (χ0v) is 7.24. The molecule has 4 N–H and O–H groups in total. The van der Waals surface area contributed by atoms with Crippen LogP contribution in [0.15, 0.2) is 0 Å². The first-order chi connectivity index (χ1) is 6.09. The van der Waals surface area contributed by atoms with Gasteiger partial charge in [0.25, 0.3) is 0 Å². The van der Waals surface area contributed by atoms with E-state index in [0.29, 0.717) is 19.5 Å². The lowest BCUT2D eigenvalue weighted by molar-refractivity contribution is -0.127. The van der Waals surface area contributed by atoms with Crippen LogP contribution in [0.5, 0.6) is 0 Å². The third-order valence-corrected chi connectivity index (χ3v) is 2.99. The predicted molar refractivity (Wildman–Crippen MR) is 44.0 cm³/mol. The zero-order chi connectivity index (χ0) is 9.59. The first kappa shape index (κ1) is 9.36. The molecule has 5 heteroatoms. The molecule has 2 aliphatic rings. The van der Waals surface area contributed by atoms with Gasteiger partial charge in [-0.25, -0.2) is 0 Å². The molecule has 0 amide bonds. The molecule has 0 aliphatic carbocycles. The summed E-state index contributed by atoms with van der Waals surface area (Å²) < 4.78 is 0. The van der Waals surface area contributed by atoms with Gasteiger partial charge in [0.2, 0.25) is 0 Å². The standard InChI is InChI=1S/C8H15NO4/c10-4-1-5-7(12)8(13)6(11)3-9(5)2-4/h4-8,10-13H,1-3H2/t4-,5-,6+,7-,8-/m1/s1. The SMILES string of the molecule is O[C@@H]1C[C@@H]2[C@@H](O)[C@H](O)[C@@H](O)CN2C1. The van der Waals surface area contributed by atoms with Gasteiger partial charge in [-0.15, -0.1) is 0 Å². The Morgan fingerprint density at radius 3 is 2.31 bits per heavy atom. The number of hydrogen-bond donors (Lipinski definition) is 4. The van der Waals surface area contributed by atoms with Crippen molar-refractivity contribution < 1.29 is 20.4 Å². The predicted octanol–water partition coefficient (Wildman–Crippen LogP) is -2.48. The van der Waals surface area contributed by atoms with Crippen molar-refractivity contribution in [3.63, 3.8) is 0 Å². The molecule has 0 unspecified atom stereocenters. The van der Waals surface area contributed by atoms with E-state index in [1.165, 1.54) is 0 Å². The van der Waals surface area contributed by atoms with Gasteiger partial charge in [0.1, 0.15) is 6.10 Å². The van der Waals surface area contributed by atoms with Crippen molar-refractivity contribution in [3.8, 4) is 0 Å². The van der Waals surface area contributed by atoms with E-state index in [1.807, 2.05) is 4.90 Å². The van der Waals surface area contributed by atoms with Crippen LogP contribution in [0, 0.1) is 0 Å². The van der Waals surface area contributed by atoms with Crippen molar-refractivity contribution in [3.05, 3.63) is 0 Å². The molecule has 0 aromatic heterocycles. The fraction of sp³-hybridized carbons (Fsp3) is 1.00. The van der Waals surface area contributed by atoms with E-state index in [9.17, 15) is 20.4 Å². The summed E-state index contributed by atoms with van der Waals surface area (Å²) in [4.78, 5) is 1.83. The summed E-state index contributed by atoms with van der Waals surface area (Å²) in [5, 5.41) is 37.6. The first-order valence-corrected chi connectivity index (χ1v) is 4.56. The molecule has 0 aromatic carbocycles. The number of fused-ring (bicyclic) bond motifs is 1. The molecule has 0 saturated carbocycles. The lowest BCUT2D eigenvalue weighted by Gasteiger charge is -2.39. The molecular formula is C8H15NO4. The molecule has 2 aliphatic heterocycles. The minimum Gasteiger partial charge on any atom is -0.392 e. The Kier molecular flexibility index (Phi) is 2.29. The van der Waals surface area contributed by atoms with E-state index in [-0.39, 0.29) is 6.04 Å². The highest BCUT2D eigenvalue weighted by molar-refractivity contribution is 4.99. The van der Waals surface area contributed by atoms with E-state index in [4.69, 9.17) is 0 Å². The summed E-state index contributed by atoms with van der Waals surface area (Å²) in [6.07, 6.45) is -2.90. The average molecular weight is 189 g/mol. The summed E-state index contributed by atoms with van der Waals surface area (Å²) in [6, 6.07) is -0.201.